The van der Waals surface area contributed by atoms with Gasteiger partial charge in [-0.05, 0) is 43.7 Å². The summed E-state index contributed by atoms with van der Waals surface area (Å²) in [6.45, 7) is 1.89. The summed E-state index contributed by atoms with van der Waals surface area (Å²) in [5, 5.41) is 5.67. The number of nitrogens with one attached hydrogen (secondary N) is 2. The van der Waals surface area contributed by atoms with Crippen molar-refractivity contribution < 1.29 is 8.78 Å². The summed E-state index contributed by atoms with van der Waals surface area (Å²) in [5.41, 5.74) is 2.15. The van der Waals surface area contributed by atoms with Crippen LogP contribution in [0.5, 0.6) is 0 Å². The third-order valence-electron chi connectivity index (χ3n) is 4.51. The summed E-state index contributed by atoms with van der Waals surface area (Å²) in [6.07, 6.45) is 3.53. The van der Waals surface area contributed by atoms with Gasteiger partial charge in [-0.1, -0.05) is 11.6 Å². The van der Waals surface area contributed by atoms with Crippen molar-refractivity contribution in [3.8, 4) is 0 Å². The summed E-state index contributed by atoms with van der Waals surface area (Å²) in [6, 6.07) is 6.22. The van der Waals surface area contributed by atoms with Gasteiger partial charge in [0.15, 0.2) is 11.6 Å². The Morgan fingerprint density at radius 2 is 2.04 bits per heavy atom. The number of piperidine rings is 1. The van der Waals surface area contributed by atoms with Crippen molar-refractivity contribution in [1.82, 2.24) is 20.3 Å². The maximum atomic E-state index is 14.2. The van der Waals surface area contributed by atoms with Gasteiger partial charge in [0.05, 0.1) is 11.2 Å². The van der Waals surface area contributed by atoms with E-state index in [-0.39, 0.29) is 5.69 Å². The molecule has 4 rings (SSSR count). The van der Waals surface area contributed by atoms with Crippen LogP contribution in [0, 0.1) is 11.6 Å². The Morgan fingerprint density at radius 1 is 1.15 bits per heavy atom. The van der Waals surface area contributed by atoms with Crippen molar-refractivity contribution in [2.24, 2.45) is 0 Å². The molecule has 0 amide bonds. The highest BCUT2D eigenvalue weighted by molar-refractivity contribution is 6.31. The van der Waals surface area contributed by atoms with Crippen molar-refractivity contribution in [2.75, 3.05) is 18.4 Å². The fourth-order valence-corrected chi connectivity index (χ4v) is 3.29. The van der Waals surface area contributed by atoms with Crippen LogP contribution in [0.25, 0.3) is 11.0 Å². The number of benzene rings is 1. The van der Waals surface area contributed by atoms with E-state index in [1.165, 1.54) is 12.4 Å². The summed E-state index contributed by atoms with van der Waals surface area (Å²) in [7, 11) is 0. The zero-order valence-electron chi connectivity index (χ0n) is 13.8. The molecule has 0 bridgehead atoms. The van der Waals surface area contributed by atoms with Crippen molar-refractivity contribution in [1.29, 1.82) is 0 Å². The number of nitrogens with zero attached hydrogens (tertiary/aromatic N) is 3. The first kappa shape index (κ1) is 17.1. The molecule has 0 radical (unpaired) electrons. The minimum atomic E-state index is -0.869. The van der Waals surface area contributed by atoms with E-state index in [0.717, 1.165) is 37.7 Å². The Bertz CT molecular complexity index is 960. The molecule has 1 saturated heterocycles. The predicted octanol–water partition coefficient (Wildman–Crippen LogP) is 4.17. The first-order valence-electron chi connectivity index (χ1n) is 8.36. The molecule has 0 aliphatic carbocycles. The molecule has 1 atom stereocenters. The van der Waals surface area contributed by atoms with Gasteiger partial charge >= 0.3 is 0 Å². The molecular weight excluding hydrogens is 360 g/mol. The molecule has 1 aromatic carbocycles. The smallest absolute Gasteiger partial charge is 0.168 e. The number of hydrogen-bond donors (Lipinski definition) is 2. The van der Waals surface area contributed by atoms with Crippen LogP contribution in [0.1, 0.15) is 24.5 Å². The van der Waals surface area contributed by atoms with E-state index in [4.69, 9.17) is 16.6 Å². The van der Waals surface area contributed by atoms with E-state index < -0.39 is 16.7 Å². The number of aromatic nitrogens is 3. The molecule has 0 spiro atoms. The van der Waals surface area contributed by atoms with Gasteiger partial charge in [0.1, 0.15) is 22.7 Å². The Labute approximate surface area is 153 Å². The molecule has 2 N–H and O–H groups in total. The third kappa shape index (κ3) is 3.20. The molecule has 0 unspecified atom stereocenters. The molecule has 1 aliphatic heterocycles. The summed E-state index contributed by atoms with van der Waals surface area (Å²) < 4.78 is 27.6. The maximum absolute atomic E-state index is 14.2. The molecular formula is C18H16ClF2N5. The second-order valence-corrected chi connectivity index (χ2v) is 6.60. The summed E-state index contributed by atoms with van der Waals surface area (Å²) in [5.74, 6) is -1.01. The van der Waals surface area contributed by atoms with Crippen LogP contribution in [0.3, 0.4) is 0 Å². The highest BCUT2D eigenvalue weighted by Gasteiger charge is 2.18. The van der Waals surface area contributed by atoms with Crippen LogP contribution >= 0.6 is 11.6 Å². The largest absolute Gasteiger partial charge is 0.336 e. The number of hydrogen-bond acceptors (Lipinski definition) is 5. The Kier molecular flexibility index (Phi) is 4.65. The molecule has 1 aliphatic rings. The average Bonchev–Trinajstić information content (AvgIpc) is 2.69. The first-order chi connectivity index (χ1) is 12.6. The van der Waals surface area contributed by atoms with Crippen LogP contribution in [0.2, 0.25) is 5.02 Å². The van der Waals surface area contributed by atoms with Crippen molar-refractivity contribution in [3.63, 3.8) is 0 Å². The van der Waals surface area contributed by atoms with E-state index in [0.29, 0.717) is 22.8 Å². The molecule has 134 valence electrons. The lowest BCUT2D eigenvalue weighted by molar-refractivity contribution is 0.455. The number of rotatable bonds is 3. The van der Waals surface area contributed by atoms with Gasteiger partial charge in [0, 0.05) is 18.2 Å². The van der Waals surface area contributed by atoms with Gasteiger partial charge < -0.3 is 10.6 Å². The van der Waals surface area contributed by atoms with Gasteiger partial charge in [-0.2, -0.15) is 0 Å². The highest BCUT2D eigenvalue weighted by Crippen LogP contribution is 2.30. The minimum Gasteiger partial charge on any atom is -0.336 e. The second kappa shape index (κ2) is 7.09. The van der Waals surface area contributed by atoms with Gasteiger partial charge in [0.2, 0.25) is 0 Å². The van der Waals surface area contributed by atoms with Crippen molar-refractivity contribution >= 4 is 34.1 Å². The fourth-order valence-electron chi connectivity index (χ4n) is 3.13. The van der Waals surface area contributed by atoms with Crippen LogP contribution in [0.15, 0.2) is 30.6 Å². The fraction of sp³-hybridized carbons (Fsp3) is 0.278. The molecule has 5 nitrogen and oxygen atoms in total. The number of fused-ring (bicyclic) bond motifs is 1. The SMILES string of the molecule is Fc1ccc(Nc2ncnc3ccc([C@@H]4CCCNC4)nc23)c(F)c1Cl. The number of halogens is 3. The van der Waals surface area contributed by atoms with E-state index in [1.807, 2.05) is 12.1 Å². The van der Waals surface area contributed by atoms with E-state index >= 15 is 0 Å². The summed E-state index contributed by atoms with van der Waals surface area (Å²) in [4.78, 5) is 13.1. The van der Waals surface area contributed by atoms with Gasteiger partial charge in [0.25, 0.3) is 0 Å². The zero-order chi connectivity index (χ0) is 18.1. The Hall–Kier alpha value is -2.38. The third-order valence-corrected chi connectivity index (χ3v) is 4.85. The molecule has 8 heteroatoms. The van der Waals surface area contributed by atoms with Crippen molar-refractivity contribution in [2.45, 2.75) is 18.8 Å². The monoisotopic (exact) mass is 375 g/mol. The summed E-state index contributed by atoms with van der Waals surface area (Å²) >= 11 is 5.65. The van der Waals surface area contributed by atoms with E-state index in [9.17, 15) is 8.78 Å². The lowest BCUT2D eigenvalue weighted by Crippen LogP contribution is -2.28. The Balaban J connectivity index is 1.74. The van der Waals surface area contributed by atoms with Crippen LogP contribution < -0.4 is 10.6 Å². The molecule has 0 saturated carbocycles. The number of pyridine rings is 1. The van der Waals surface area contributed by atoms with Gasteiger partial charge in [-0.3, -0.25) is 0 Å². The zero-order valence-corrected chi connectivity index (χ0v) is 14.5. The molecule has 3 heterocycles. The van der Waals surface area contributed by atoms with Gasteiger partial charge in [-0.15, -0.1) is 0 Å². The van der Waals surface area contributed by atoms with E-state index in [2.05, 4.69) is 20.6 Å². The average molecular weight is 376 g/mol. The molecule has 3 aromatic rings. The highest BCUT2D eigenvalue weighted by atomic mass is 35.5. The number of anilines is 2. The molecule has 2 aromatic heterocycles. The maximum Gasteiger partial charge on any atom is 0.168 e. The normalized spacial score (nSPS) is 17.4. The van der Waals surface area contributed by atoms with Crippen LogP contribution in [-0.4, -0.2) is 28.0 Å². The minimum absolute atomic E-state index is 0.0305. The van der Waals surface area contributed by atoms with E-state index in [1.54, 1.807) is 0 Å². The van der Waals surface area contributed by atoms with Crippen molar-refractivity contribution in [3.05, 3.63) is 52.9 Å². The predicted molar refractivity (Wildman–Crippen MR) is 96.8 cm³/mol. The van der Waals surface area contributed by atoms with Crippen LogP contribution in [0.4, 0.5) is 20.3 Å². The second-order valence-electron chi connectivity index (χ2n) is 6.22. The lowest BCUT2D eigenvalue weighted by atomic mass is 9.95. The molecule has 26 heavy (non-hydrogen) atoms. The Morgan fingerprint density at radius 3 is 2.85 bits per heavy atom. The lowest BCUT2D eigenvalue weighted by Gasteiger charge is -2.22. The standard InChI is InChI=1S/C18H16ClF2N5/c19-15-11(20)3-4-13(16(15)21)26-18-17-14(23-9-24-18)6-5-12(25-17)10-2-1-7-22-8-10/h3-6,9-10,22H,1-2,7-8H2,(H,23,24,26)/t10-/m1/s1. The van der Waals surface area contributed by atoms with Gasteiger partial charge in [-0.25, -0.2) is 23.7 Å². The molecule has 1 fully saturated rings. The quantitative estimate of drug-likeness (QED) is 0.673. The van der Waals surface area contributed by atoms with Crippen LogP contribution in [-0.2, 0) is 0 Å². The first-order valence-corrected chi connectivity index (χ1v) is 8.74. The topological polar surface area (TPSA) is 62.7 Å².